The minimum Gasteiger partial charge on any atom is -0.497 e. The number of ether oxygens (including phenoxy) is 1. The molecule has 1 aromatic rings. The molecule has 2 rings (SSSR count). The Bertz CT molecular complexity index is 484. The standard InChI is InChI=1S/C14H22BNO3/c1-9-7-10(16)8-11(12(9)17-6)15-18-13(2,3)14(4,5)19-15/h7-8H,16H2,1-6H3. The van der Waals surface area contributed by atoms with Gasteiger partial charge in [-0.15, -0.1) is 0 Å². The lowest BCUT2D eigenvalue weighted by molar-refractivity contribution is 0.00578. The van der Waals surface area contributed by atoms with Gasteiger partial charge in [-0.25, -0.2) is 0 Å². The quantitative estimate of drug-likeness (QED) is 0.654. The van der Waals surface area contributed by atoms with Gasteiger partial charge in [0.05, 0.1) is 18.3 Å². The van der Waals surface area contributed by atoms with Crippen LogP contribution in [0.15, 0.2) is 12.1 Å². The summed E-state index contributed by atoms with van der Waals surface area (Å²) in [7, 11) is 1.19. The maximum atomic E-state index is 6.04. The molecule has 1 saturated heterocycles. The molecule has 4 nitrogen and oxygen atoms in total. The van der Waals surface area contributed by atoms with Crippen LogP contribution in [-0.2, 0) is 9.31 Å². The molecule has 0 atom stereocenters. The molecule has 0 spiro atoms. The van der Waals surface area contributed by atoms with Gasteiger partial charge < -0.3 is 19.8 Å². The normalized spacial score (nSPS) is 20.6. The van der Waals surface area contributed by atoms with E-state index in [2.05, 4.69) is 0 Å². The molecule has 1 aliphatic rings. The van der Waals surface area contributed by atoms with Crippen LogP contribution < -0.4 is 15.9 Å². The SMILES string of the molecule is COc1c(C)cc(N)cc1B1OC(C)(C)C(C)(C)O1. The van der Waals surface area contributed by atoms with E-state index in [0.29, 0.717) is 5.69 Å². The van der Waals surface area contributed by atoms with Gasteiger partial charge in [-0.05, 0) is 52.3 Å². The van der Waals surface area contributed by atoms with Crippen LogP contribution in [0.1, 0.15) is 33.3 Å². The van der Waals surface area contributed by atoms with Gasteiger partial charge in [-0.3, -0.25) is 0 Å². The van der Waals surface area contributed by atoms with E-state index in [1.165, 1.54) is 0 Å². The predicted molar refractivity (Wildman–Crippen MR) is 77.9 cm³/mol. The van der Waals surface area contributed by atoms with Crippen molar-refractivity contribution in [2.24, 2.45) is 0 Å². The van der Waals surface area contributed by atoms with E-state index in [1.807, 2.05) is 46.8 Å². The van der Waals surface area contributed by atoms with Crippen LogP contribution in [0.2, 0.25) is 0 Å². The number of hydrogen-bond donors (Lipinski definition) is 1. The number of methoxy groups -OCH3 is 1. The van der Waals surface area contributed by atoms with Gasteiger partial charge in [0.1, 0.15) is 5.75 Å². The Balaban J connectivity index is 2.45. The van der Waals surface area contributed by atoms with Crippen molar-refractivity contribution in [3.63, 3.8) is 0 Å². The molecule has 104 valence electrons. The van der Waals surface area contributed by atoms with Crippen LogP contribution in [0.25, 0.3) is 0 Å². The van der Waals surface area contributed by atoms with Crippen molar-refractivity contribution in [2.45, 2.75) is 45.8 Å². The van der Waals surface area contributed by atoms with Gasteiger partial charge >= 0.3 is 7.12 Å². The molecule has 0 saturated carbocycles. The molecule has 0 unspecified atom stereocenters. The van der Waals surface area contributed by atoms with Gasteiger partial charge in [-0.2, -0.15) is 0 Å². The Morgan fingerprint density at radius 1 is 1.11 bits per heavy atom. The van der Waals surface area contributed by atoms with Crippen LogP contribution in [-0.4, -0.2) is 25.4 Å². The maximum Gasteiger partial charge on any atom is 0.498 e. The van der Waals surface area contributed by atoms with Crippen LogP contribution in [0.3, 0.4) is 0 Å². The van der Waals surface area contributed by atoms with E-state index in [0.717, 1.165) is 16.8 Å². The van der Waals surface area contributed by atoms with Crippen molar-refractivity contribution in [3.8, 4) is 5.75 Å². The number of hydrogen-bond acceptors (Lipinski definition) is 4. The Morgan fingerprint density at radius 3 is 2.11 bits per heavy atom. The highest BCUT2D eigenvalue weighted by Gasteiger charge is 2.52. The van der Waals surface area contributed by atoms with Crippen molar-refractivity contribution in [1.29, 1.82) is 0 Å². The van der Waals surface area contributed by atoms with Crippen LogP contribution in [0.4, 0.5) is 5.69 Å². The Morgan fingerprint density at radius 2 is 1.63 bits per heavy atom. The van der Waals surface area contributed by atoms with Crippen LogP contribution in [0.5, 0.6) is 5.75 Å². The highest BCUT2D eigenvalue weighted by Crippen LogP contribution is 2.37. The summed E-state index contributed by atoms with van der Waals surface area (Å²) in [4.78, 5) is 0. The van der Waals surface area contributed by atoms with Gasteiger partial charge in [-0.1, -0.05) is 0 Å². The lowest BCUT2D eigenvalue weighted by Crippen LogP contribution is -2.41. The fraction of sp³-hybridized carbons (Fsp3) is 0.571. The zero-order valence-electron chi connectivity index (χ0n) is 12.5. The highest BCUT2D eigenvalue weighted by molar-refractivity contribution is 6.63. The summed E-state index contributed by atoms with van der Waals surface area (Å²) in [6.45, 7) is 10.1. The van der Waals surface area contributed by atoms with E-state index < -0.39 is 7.12 Å². The number of benzene rings is 1. The molecule has 2 N–H and O–H groups in total. The second-order valence-electron chi connectivity index (χ2n) is 6.05. The molecule has 19 heavy (non-hydrogen) atoms. The third kappa shape index (κ3) is 2.32. The molecule has 0 aromatic heterocycles. The molecule has 0 aliphatic carbocycles. The van der Waals surface area contributed by atoms with Gasteiger partial charge in [0.25, 0.3) is 0 Å². The summed E-state index contributed by atoms with van der Waals surface area (Å²) < 4.78 is 17.6. The topological polar surface area (TPSA) is 53.7 Å². The summed E-state index contributed by atoms with van der Waals surface area (Å²) in [6.07, 6.45) is 0. The van der Waals surface area contributed by atoms with E-state index in [9.17, 15) is 0 Å². The first-order valence-electron chi connectivity index (χ1n) is 6.47. The van der Waals surface area contributed by atoms with Crippen molar-refractivity contribution >= 4 is 18.3 Å². The molecule has 0 amide bonds. The molecule has 1 aromatic carbocycles. The van der Waals surface area contributed by atoms with Crippen LogP contribution >= 0.6 is 0 Å². The van der Waals surface area contributed by atoms with Crippen molar-refractivity contribution < 1.29 is 14.0 Å². The fourth-order valence-corrected chi connectivity index (χ4v) is 2.25. The maximum absolute atomic E-state index is 6.04. The number of anilines is 1. The van der Waals surface area contributed by atoms with Crippen molar-refractivity contribution in [2.75, 3.05) is 12.8 Å². The minimum atomic E-state index is -0.456. The Labute approximate surface area is 115 Å². The first kappa shape index (κ1) is 14.2. The average Bonchev–Trinajstić information content (AvgIpc) is 2.47. The predicted octanol–water partition coefficient (Wildman–Crippen LogP) is 1.89. The summed E-state index contributed by atoms with van der Waals surface area (Å²) in [5.74, 6) is 0.771. The molecular weight excluding hydrogens is 241 g/mol. The minimum absolute atomic E-state index is 0.374. The highest BCUT2D eigenvalue weighted by atomic mass is 16.7. The van der Waals surface area contributed by atoms with Crippen molar-refractivity contribution in [1.82, 2.24) is 0 Å². The van der Waals surface area contributed by atoms with E-state index in [-0.39, 0.29) is 11.2 Å². The van der Waals surface area contributed by atoms with E-state index in [1.54, 1.807) is 7.11 Å². The fourth-order valence-electron chi connectivity index (χ4n) is 2.25. The number of aryl methyl sites for hydroxylation is 1. The molecule has 0 bridgehead atoms. The Hall–Kier alpha value is -1.20. The smallest absolute Gasteiger partial charge is 0.497 e. The zero-order valence-corrected chi connectivity index (χ0v) is 12.5. The molecular formula is C14H22BNO3. The summed E-state index contributed by atoms with van der Waals surface area (Å²) in [5.41, 5.74) is 7.68. The van der Waals surface area contributed by atoms with Gasteiger partial charge in [0.2, 0.25) is 0 Å². The summed E-state index contributed by atoms with van der Waals surface area (Å²) in [5, 5.41) is 0. The molecule has 5 heteroatoms. The van der Waals surface area contributed by atoms with E-state index in [4.69, 9.17) is 19.8 Å². The van der Waals surface area contributed by atoms with Gasteiger partial charge in [0, 0.05) is 11.2 Å². The number of nitrogen functional groups attached to an aromatic ring is 1. The zero-order chi connectivity index (χ0) is 14.4. The number of rotatable bonds is 2. The molecule has 1 heterocycles. The number of nitrogens with two attached hydrogens (primary N) is 1. The first-order chi connectivity index (χ1) is 8.68. The van der Waals surface area contributed by atoms with Crippen molar-refractivity contribution in [3.05, 3.63) is 17.7 Å². The third-order valence-electron chi connectivity index (χ3n) is 4.04. The molecule has 0 radical (unpaired) electrons. The lowest BCUT2D eigenvalue weighted by Gasteiger charge is -2.32. The second-order valence-corrected chi connectivity index (χ2v) is 6.05. The largest absolute Gasteiger partial charge is 0.498 e. The summed E-state index contributed by atoms with van der Waals surface area (Å²) in [6, 6.07) is 3.74. The second kappa shape index (κ2) is 4.42. The molecule has 1 fully saturated rings. The lowest BCUT2D eigenvalue weighted by atomic mass is 9.77. The van der Waals surface area contributed by atoms with E-state index >= 15 is 0 Å². The van der Waals surface area contributed by atoms with Gasteiger partial charge in [0.15, 0.2) is 0 Å². The summed E-state index contributed by atoms with van der Waals surface area (Å²) >= 11 is 0. The Kier molecular flexibility index (Phi) is 3.31. The van der Waals surface area contributed by atoms with Crippen LogP contribution in [0, 0.1) is 6.92 Å². The average molecular weight is 263 g/mol. The monoisotopic (exact) mass is 263 g/mol. The first-order valence-corrected chi connectivity index (χ1v) is 6.47. The molecule has 1 aliphatic heterocycles. The third-order valence-corrected chi connectivity index (χ3v) is 4.04.